The van der Waals surface area contributed by atoms with Crippen molar-refractivity contribution in [2.24, 2.45) is 11.8 Å². The molecule has 5 atom stereocenters. The van der Waals surface area contributed by atoms with Crippen LogP contribution < -0.4 is 0 Å². The number of carbonyl (C=O) groups is 1. The van der Waals surface area contributed by atoms with Gasteiger partial charge in [0.05, 0.1) is 5.41 Å². The summed E-state index contributed by atoms with van der Waals surface area (Å²) in [6.45, 7) is 0. The summed E-state index contributed by atoms with van der Waals surface area (Å²) < 4.78 is 6.25. The number of ether oxygens (including phenoxy) is 1. The van der Waals surface area contributed by atoms with E-state index in [1.54, 1.807) is 0 Å². The molecule has 1 aromatic carbocycles. The van der Waals surface area contributed by atoms with Crippen LogP contribution in [-0.4, -0.2) is 36.1 Å². The number of nitrogens with zero attached hydrogens (tertiary/aromatic N) is 1. The van der Waals surface area contributed by atoms with Gasteiger partial charge in [-0.1, -0.05) is 36.8 Å². The Labute approximate surface area is 162 Å². The number of hydrogen-bond acceptors (Lipinski definition) is 3. The van der Waals surface area contributed by atoms with Crippen molar-refractivity contribution in [2.75, 3.05) is 7.05 Å². The number of esters is 1. The van der Waals surface area contributed by atoms with Crippen molar-refractivity contribution < 1.29 is 9.53 Å². The van der Waals surface area contributed by atoms with E-state index in [4.69, 9.17) is 4.74 Å². The maximum atomic E-state index is 13.5. The molecular formula is C22H30ClNO2. The van der Waals surface area contributed by atoms with Crippen LogP contribution in [0.1, 0.15) is 56.9 Å². The van der Waals surface area contributed by atoms with E-state index in [0.717, 1.165) is 19.3 Å². The number of hydrogen-bond donors (Lipinski definition) is 0. The van der Waals surface area contributed by atoms with Gasteiger partial charge in [-0.25, -0.2) is 0 Å². The number of rotatable bonds is 3. The normalized spacial score (nSPS) is 41.0. The average Bonchev–Trinajstić information content (AvgIpc) is 3.29. The zero-order chi connectivity index (χ0) is 17.0. The van der Waals surface area contributed by atoms with Gasteiger partial charge in [0.2, 0.25) is 0 Å². The fourth-order valence-electron chi connectivity index (χ4n) is 6.50. The molecule has 5 unspecified atom stereocenters. The summed E-state index contributed by atoms with van der Waals surface area (Å²) in [6.07, 6.45) is 9.41. The van der Waals surface area contributed by atoms with E-state index in [9.17, 15) is 4.79 Å². The molecule has 2 aliphatic carbocycles. The molecule has 0 spiro atoms. The lowest BCUT2D eigenvalue weighted by molar-refractivity contribution is -0.162. The Balaban J connectivity index is 0.00000168. The van der Waals surface area contributed by atoms with Gasteiger partial charge in [0, 0.05) is 12.1 Å². The van der Waals surface area contributed by atoms with Crippen LogP contribution in [-0.2, 0) is 14.9 Å². The van der Waals surface area contributed by atoms with Crippen molar-refractivity contribution in [3.8, 4) is 0 Å². The molecule has 2 aliphatic heterocycles. The zero-order valence-electron chi connectivity index (χ0n) is 15.6. The summed E-state index contributed by atoms with van der Waals surface area (Å²) in [5, 5.41) is 0. The highest BCUT2D eigenvalue weighted by molar-refractivity contribution is 5.85. The third-order valence-electron chi connectivity index (χ3n) is 7.83. The predicted octanol–water partition coefficient (Wildman–Crippen LogP) is 4.33. The lowest BCUT2D eigenvalue weighted by Crippen LogP contribution is -2.47. The summed E-state index contributed by atoms with van der Waals surface area (Å²) in [5.41, 5.74) is 0.829. The van der Waals surface area contributed by atoms with Crippen molar-refractivity contribution in [3.63, 3.8) is 0 Å². The summed E-state index contributed by atoms with van der Waals surface area (Å²) in [5.74, 6) is 1.28. The molecule has 1 aromatic rings. The minimum Gasteiger partial charge on any atom is -0.462 e. The Bertz CT molecular complexity index is 651. The molecule has 2 heterocycles. The standard InChI is InChI=1S/C22H29NO2.ClH/c1-23-18-9-10-19(23)13-20(12-18)25-21(24)22(16-5-3-2-4-6-16)14-15-7-8-17(22)11-15;/h2-6,15,17-20H,7-14H2,1H3;1H. The van der Waals surface area contributed by atoms with Crippen molar-refractivity contribution >= 4 is 18.4 Å². The van der Waals surface area contributed by atoms with Gasteiger partial charge in [0.15, 0.2) is 0 Å². The second-order valence-corrected chi connectivity index (χ2v) is 8.97. The summed E-state index contributed by atoms with van der Waals surface area (Å²) >= 11 is 0. The molecule has 5 rings (SSSR count). The molecule has 4 aliphatic rings. The monoisotopic (exact) mass is 375 g/mol. The zero-order valence-corrected chi connectivity index (χ0v) is 16.4. The molecule has 0 aromatic heterocycles. The maximum absolute atomic E-state index is 13.5. The lowest BCUT2D eigenvalue weighted by atomic mass is 9.68. The predicted molar refractivity (Wildman–Crippen MR) is 105 cm³/mol. The molecule has 0 N–H and O–H groups in total. The molecule has 3 nitrogen and oxygen atoms in total. The van der Waals surface area contributed by atoms with Crippen LogP contribution in [0, 0.1) is 11.8 Å². The van der Waals surface area contributed by atoms with Crippen molar-refractivity contribution in [3.05, 3.63) is 35.9 Å². The number of fused-ring (bicyclic) bond motifs is 4. The van der Waals surface area contributed by atoms with Crippen molar-refractivity contribution in [1.82, 2.24) is 4.90 Å². The first-order chi connectivity index (χ1) is 12.2. The Morgan fingerprint density at radius 3 is 2.31 bits per heavy atom. The molecule has 0 amide bonds. The van der Waals surface area contributed by atoms with Gasteiger partial charge >= 0.3 is 5.97 Å². The second-order valence-electron chi connectivity index (χ2n) is 8.97. The fourth-order valence-corrected chi connectivity index (χ4v) is 6.50. The van der Waals surface area contributed by atoms with Crippen molar-refractivity contribution in [2.45, 2.75) is 75.0 Å². The lowest BCUT2D eigenvalue weighted by Gasteiger charge is -2.40. The first-order valence-corrected chi connectivity index (χ1v) is 10.2. The summed E-state index contributed by atoms with van der Waals surface area (Å²) in [6, 6.07) is 11.7. The molecule has 2 saturated heterocycles. The second kappa shape index (κ2) is 6.83. The third kappa shape index (κ3) is 2.70. The van der Waals surface area contributed by atoms with E-state index < -0.39 is 0 Å². The number of halogens is 1. The smallest absolute Gasteiger partial charge is 0.317 e. The van der Waals surface area contributed by atoms with Crippen LogP contribution in [0.25, 0.3) is 0 Å². The number of piperidine rings is 1. The van der Waals surface area contributed by atoms with E-state index in [-0.39, 0.29) is 29.9 Å². The van der Waals surface area contributed by atoms with Crippen LogP contribution in [0.15, 0.2) is 30.3 Å². The van der Waals surface area contributed by atoms with Gasteiger partial charge in [-0.15, -0.1) is 12.4 Å². The molecule has 142 valence electrons. The van der Waals surface area contributed by atoms with E-state index in [1.165, 1.54) is 37.7 Å². The number of benzene rings is 1. The average molecular weight is 376 g/mol. The Morgan fingerprint density at radius 1 is 1.04 bits per heavy atom. The van der Waals surface area contributed by atoms with Gasteiger partial charge < -0.3 is 9.64 Å². The van der Waals surface area contributed by atoms with Gasteiger partial charge in [0.1, 0.15) is 6.10 Å². The summed E-state index contributed by atoms with van der Waals surface area (Å²) in [4.78, 5) is 16.0. The van der Waals surface area contributed by atoms with Gasteiger partial charge in [0.25, 0.3) is 0 Å². The largest absolute Gasteiger partial charge is 0.462 e. The van der Waals surface area contributed by atoms with Gasteiger partial charge in [-0.3, -0.25) is 4.79 Å². The summed E-state index contributed by atoms with van der Waals surface area (Å²) in [7, 11) is 2.24. The van der Waals surface area contributed by atoms with E-state index in [1.807, 2.05) is 6.07 Å². The highest BCUT2D eigenvalue weighted by Crippen LogP contribution is 2.57. The van der Waals surface area contributed by atoms with Gasteiger partial charge in [-0.05, 0) is 69.4 Å². The molecule has 4 bridgehead atoms. The third-order valence-corrected chi connectivity index (χ3v) is 7.83. The Morgan fingerprint density at radius 2 is 1.73 bits per heavy atom. The van der Waals surface area contributed by atoms with Crippen LogP contribution in [0.4, 0.5) is 0 Å². The van der Waals surface area contributed by atoms with E-state index in [2.05, 4.69) is 36.2 Å². The first-order valence-electron chi connectivity index (χ1n) is 10.2. The highest BCUT2D eigenvalue weighted by Gasteiger charge is 2.58. The van der Waals surface area contributed by atoms with E-state index in [0.29, 0.717) is 23.9 Å². The van der Waals surface area contributed by atoms with Gasteiger partial charge in [-0.2, -0.15) is 0 Å². The topological polar surface area (TPSA) is 29.5 Å². The SMILES string of the molecule is CN1C2CCC1CC(OC(=O)C1(c3ccccc3)CC3CCC1C3)C2.Cl. The van der Waals surface area contributed by atoms with Crippen LogP contribution in [0.2, 0.25) is 0 Å². The quantitative estimate of drug-likeness (QED) is 0.736. The maximum Gasteiger partial charge on any atom is 0.317 e. The highest BCUT2D eigenvalue weighted by atomic mass is 35.5. The minimum absolute atomic E-state index is 0. The van der Waals surface area contributed by atoms with Crippen molar-refractivity contribution in [1.29, 1.82) is 0 Å². The number of carbonyl (C=O) groups excluding carboxylic acids is 1. The van der Waals surface area contributed by atoms with Crippen LogP contribution in [0.5, 0.6) is 0 Å². The minimum atomic E-state index is -0.368. The molecular weight excluding hydrogens is 346 g/mol. The van der Waals surface area contributed by atoms with Crippen LogP contribution >= 0.6 is 12.4 Å². The molecule has 26 heavy (non-hydrogen) atoms. The first kappa shape index (κ1) is 18.3. The van der Waals surface area contributed by atoms with E-state index >= 15 is 0 Å². The molecule has 4 fully saturated rings. The Hall–Kier alpha value is -1.06. The Kier molecular flexibility index (Phi) is 4.81. The van der Waals surface area contributed by atoms with Crippen LogP contribution in [0.3, 0.4) is 0 Å². The molecule has 2 saturated carbocycles. The molecule has 4 heteroatoms. The molecule has 0 radical (unpaired) electrons. The fraction of sp³-hybridized carbons (Fsp3) is 0.682.